The summed E-state index contributed by atoms with van der Waals surface area (Å²) in [7, 11) is 0. The van der Waals surface area contributed by atoms with Gasteiger partial charge in [0.05, 0.1) is 17.9 Å². The lowest BCUT2D eigenvalue weighted by molar-refractivity contribution is -0.147. The monoisotopic (exact) mass is 538 g/mol. The average molecular weight is 539 g/mol. The molecular formula is C32H46N2O3S. The molecule has 2 aliphatic rings. The van der Waals surface area contributed by atoms with Gasteiger partial charge in [0.15, 0.2) is 0 Å². The van der Waals surface area contributed by atoms with E-state index in [4.69, 9.17) is 14.6 Å². The number of allylic oxidation sites excluding steroid dienone is 2. The molecule has 4 rings (SSSR count). The molecule has 1 heterocycles. The number of thioether (sulfide) groups is 1. The van der Waals surface area contributed by atoms with Crippen LogP contribution in [0.2, 0.25) is 0 Å². The second-order valence-corrected chi connectivity index (χ2v) is 12.1. The summed E-state index contributed by atoms with van der Waals surface area (Å²) in [4.78, 5) is 11.5. The highest BCUT2D eigenvalue weighted by atomic mass is 32.2. The lowest BCUT2D eigenvalue weighted by atomic mass is 9.99. The Labute approximate surface area is 234 Å². The minimum absolute atomic E-state index is 0.0775. The van der Waals surface area contributed by atoms with Gasteiger partial charge in [-0.2, -0.15) is 5.10 Å². The predicted molar refractivity (Wildman–Crippen MR) is 159 cm³/mol. The van der Waals surface area contributed by atoms with Gasteiger partial charge in [-0.05, 0) is 101 Å². The summed E-state index contributed by atoms with van der Waals surface area (Å²) >= 11 is 1.75. The second kappa shape index (κ2) is 14.1. The van der Waals surface area contributed by atoms with Crippen LogP contribution in [0.25, 0.3) is 12.2 Å². The molecule has 1 aromatic heterocycles. The van der Waals surface area contributed by atoms with Gasteiger partial charge in [-0.15, -0.1) is 11.8 Å². The van der Waals surface area contributed by atoms with E-state index in [0.29, 0.717) is 6.04 Å². The fraction of sp³-hybridized carbons (Fsp3) is 0.562. The van der Waals surface area contributed by atoms with Crippen molar-refractivity contribution in [1.29, 1.82) is 0 Å². The first kappa shape index (κ1) is 30.1. The van der Waals surface area contributed by atoms with E-state index in [1.807, 2.05) is 13.1 Å². The van der Waals surface area contributed by atoms with E-state index in [0.717, 1.165) is 48.7 Å². The molecule has 1 saturated carbocycles. The molecule has 0 N–H and O–H groups in total. The lowest BCUT2D eigenvalue weighted by Crippen LogP contribution is -2.14. The number of hydrogen-bond acceptors (Lipinski definition) is 5. The Bertz CT molecular complexity index is 1110. The number of benzene rings is 1. The summed E-state index contributed by atoms with van der Waals surface area (Å²) in [6, 6.07) is 8.80. The van der Waals surface area contributed by atoms with Gasteiger partial charge in [0.25, 0.3) is 0 Å². The molecule has 0 spiro atoms. The Balaban J connectivity index is 0.000000427. The van der Waals surface area contributed by atoms with Crippen LogP contribution in [0.15, 0.2) is 46.7 Å². The number of carbonyl (C=O) groups is 1. The Morgan fingerprint density at radius 3 is 2.37 bits per heavy atom. The van der Waals surface area contributed by atoms with Crippen molar-refractivity contribution >= 4 is 29.9 Å². The maximum atomic E-state index is 10.3. The summed E-state index contributed by atoms with van der Waals surface area (Å²) in [5.41, 5.74) is 3.69. The van der Waals surface area contributed by atoms with Gasteiger partial charge in [0, 0.05) is 23.8 Å². The molecule has 6 heteroatoms. The van der Waals surface area contributed by atoms with E-state index in [-0.39, 0.29) is 11.6 Å². The summed E-state index contributed by atoms with van der Waals surface area (Å²) in [6.45, 7) is 12.5. The Hall–Kier alpha value is -2.47. The highest BCUT2D eigenvalue weighted by Crippen LogP contribution is 2.38. The van der Waals surface area contributed by atoms with Crippen molar-refractivity contribution in [1.82, 2.24) is 9.78 Å². The van der Waals surface area contributed by atoms with E-state index < -0.39 is 0 Å². The summed E-state index contributed by atoms with van der Waals surface area (Å²) < 4.78 is 13.5. The van der Waals surface area contributed by atoms with Crippen molar-refractivity contribution in [2.24, 2.45) is 5.92 Å². The molecule has 5 nitrogen and oxygen atoms in total. The second-order valence-electron chi connectivity index (χ2n) is 11.3. The number of fused-ring (bicyclic) bond motifs is 1. The fourth-order valence-electron chi connectivity index (χ4n) is 4.56. The summed E-state index contributed by atoms with van der Waals surface area (Å²) in [5, 5.41) is 4.85. The number of rotatable bonds is 10. The maximum Gasteiger partial charge on any atom is 0.303 e. The van der Waals surface area contributed by atoms with Gasteiger partial charge in [0.2, 0.25) is 0 Å². The van der Waals surface area contributed by atoms with E-state index in [1.54, 1.807) is 11.8 Å². The molecule has 0 radical (unpaired) electrons. The van der Waals surface area contributed by atoms with Gasteiger partial charge in [0.1, 0.15) is 17.1 Å². The van der Waals surface area contributed by atoms with Crippen LogP contribution in [0, 0.1) is 5.92 Å². The van der Waals surface area contributed by atoms with Crippen LogP contribution in [-0.4, -0.2) is 27.6 Å². The number of esters is 1. The van der Waals surface area contributed by atoms with Crippen molar-refractivity contribution in [3.05, 3.63) is 53.1 Å². The quantitative estimate of drug-likeness (QED) is 0.223. The minimum atomic E-state index is -0.162. The molecule has 38 heavy (non-hydrogen) atoms. The fourth-order valence-corrected chi connectivity index (χ4v) is 4.97. The van der Waals surface area contributed by atoms with Gasteiger partial charge in [-0.25, -0.2) is 0 Å². The number of hydrogen-bond donors (Lipinski definition) is 0. The van der Waals surface area contributed by atoms with Crippen LogP contribution in [0.4, 0.5) is 0 Å². The zero-order valence-corrected chi connectivity index (χ0v) is 25.2. The molecule has 1 fully saturated rings. The van der Waals surface area contributed by atoms with Gasteiger partial charge in [-0.1, -0.05) is 32.8 Å². The Morgan fingerprint density at radius 1 is 1.11 bits per heavy atom. The normalized spacial score (nSPS) is 19.4. The molecule has 1 aromatic carbocycles. The van der Waals surface area contributed by atoms with E-state index in [1.165, 1.54) is 48.8 Å². The van der Waals surface area contributed by atoms with Crippen LogP contribution in [-0.2, 0) is 9.53 Å². The first-order valence-corrected chi connectivity index (χ1v) is 15.3. The summed E-state index contributed by atoms with van der Waals surface area (Å²) in [5.74, 6) is 2.46. The van der Waals surface area contributed by atoms with Crippen LogP contribution in [0.1, 0.15) is 110 Å². The van der Waals surface area contributed by atoms with Crippen LogP contribution >= 0.6 is 11.8 Å². The zero-order chi connectivity index (χ0) is 27.7. The van der Waals surface area contributed by atoms with Crippen LogP contribution in [0.3, 0.4) is 0 Å². The molecule has 0 amide bonds. The average Bonchev–Trinajstić information content (AvgIpc) is 3.47. The third-order valence-corrected chi connectivity index (χ3v) is 7.77. The summed E-state index contributed by atoms with van der Waals surface area (Å²) in [6.07, 6.45) is 17.4. The molecule has 0 saturated heterocycles. The van der Waals surface area contributed by atoms with E-state index >= 15 is 0 Å². The largest absolute Gasteiger partial charge is 0.462 e. The topological polar surface area (TPSA) is 53.4 Å². The first-order chi connectivity index (χ1) is 18.1. The molecular weight excluding hydrogens is 492 g/mol. The van der Waals surface area contributed by atoms with Crippen molar-refractivity contribution in [2.75, 3.05) is 6.26 Å². The van der Waals surface area contributed by atoms with Gasteiger partial charge < -0.3 is 9.47 Å². The number of nitrogens with zero attached hydrogens (tertiary/aromatic N) is 2. The van der Waals surface area contributed by atoms with E-state index in [2.05, 4.69) is 75.1 Å². The number of aromatic nitrogens is 2. The highest BCUT2D eigenvalue weighted by Gasteiger charge is 2.40. The highest BCUT2D eigenvalue weighted by molar-refractivity contribution is 7.98. The van der Waals surface area contributed by atoms with Crippen molar-refractivity contribution in [3.63, 3.8) is 0 Å². The Morgan fingerprint density at radius 2 is 1.82 bits per heavy atom. The zero-order valence-electron chi connectivity index (χ0n) is 24.4. The van der Waals surface area contributed by atoms with Crippen LogP contribution < -0.4 is 4.74 Å². The van der Waals surface area contributed by atoms with Crippen molar-refractivity contribution in [3.8, 4) is 5.75 Å². The Kier molecular flexibility index (Phi) is 11.1. The standard InChI is InChI=1S/C26H36N2OS.C6H10O2/c1-6-7-22(10-8-19(2)3)28-26-16-20(4)9-11-24(17-21(26)18-27-28)29-23-12-14-25(30-5)15-13-23;1-5(7)8-6(2)3-4-6/h12-19,22H,6-11H2,1-5H3;3-4H2,1-2H3/b20-16+,24-17+;. The SMILES string of the molecule is CC(=O)OC1(C)CC1.CCCC(CCC(C)C)n1ncc2c1/C=C(\C)CC/C(Oc1ccc(SC)cc1)=C\2. The smallest absolute Gasteiger partial charge is 0.303 e. The number of carbonyl (C=O) groups excluding carboxylic acids is 1. The molecule has 0 aliphatic heterocycles. The minimum Gasteiger partial charge on any atom is -0.462 e. The third-order valence-electron chi connectivity index (χ3n) is 7.03. The third kappa shape index (κ3) is 9.37. The van der Waals surface area contributed by atoms with Gasteiger partial charge in [-0.3, -0.25) is 9.48 Å². The van der Waals surface area contributed by atoms with E-state index in [9.17, 15) is 4.79 Å². The van der Waals surface area contributed by atoms with Gasteiger partial charge >= 0.3 is 5.97 Å². The van der Waals surface area contributed by atoms with Crippen molar-refractivity contribution in [2.45, 2.75) is 109 Å². The lowest BCUT2D eigenvalue weighted by Gasteiger charge is -2.21. The first-order valence-electron chi connectivity index (χ1n) is 14.1. The van der Waals surface area contributed by atoms with Crippen molar-refractivity contribution < 1.29 is 14.3 Å². The molecule has 2 aromatic rings. The molecule has 1 atom stereocenters. The maximum absolute atomic E-state index is 10.3. The molecule has 208 valence electrons. The van der Waals surface area contributed by atoms with Crippen LogP contribution in [0.5, 0.6) is 5.75 Å². The molecule has 0 bridgehead atoms. The predicted octanol–water partition coefficient (Wildman–Crippen LogP) is 9.10. The number of ether oxygens (including phenoxy) is 2. The molecule has 1 unspecified atom stereocenters. The molecule has 2 aliphatic carbocycles.